The Morgan fingerprint density at radius 2 is 1.70 bits per heavy atom. The number of anilines is 1. The van der Waals surface area contributed by atoms with Gasteiger partial charge in [-0.25, -0.2) is 9.69 Å². The van der Waals surface area contributed by atoms with Gasteiger partial charge in [0, 0.05) is 0 Å². The molecule has 5 rings (SSSR count). The number of imide groups is 2. The highest BCUT2D eigenvalue weighted by Gasteiger charge is 2.37. The Morgan fingerprint density at radius 1 is 0.925 bits per heavy atom. The second-order valence-corrected chi connectivity index (χ2v) is 10.5. The fourth-order valence-corrected chi connectivity index (χ4v) is 5.35. The minimum Gasteiger partial charge on any atom is -0.487 e. The molecule has 40 heavy (non-hydrogen) atoms. The Labute approximate surface area is 241 Å². The van der Waals surface area contributed by atoms with Gasteiger partial charge >= 0.3 is 6.03 Å². The summed E-state index contributed by atoms with van der Waals surface area (Å²) in [5.74, 6) is -0.774. The lowest BCUT2D eigenvalue weighted by Crippen LogP contribution is -2.54. The van der Waals surface area contributed by atoms with Gasteiger partial charge in [-0.2, -0.15) is 0 Å². The lowest BCUT2D eigenvalue weighted by atomic mass is 10.0. The summed E-state index contributed by atoms with van der Waals surface area (Å²) in [6.45, 7) is 8.07. The topological polar surface area (TPSA) is 75.7 Å². The van der Waals surface area contributed by atoms with E-state index in [2.05, 4.69) is 46.0 Å². The largest absolute Gasteiger partial charge is 0.487 e. The highest BCUT2D eigenvalue weighted by molar-refractivity contribution is 9.10. The van der Waals surface area contributed by atoms with E-state index in [1.807, 2.05) is 50.2 Å². The molecule has 0 aliphatic carbocycles. The smallest absolute Gasteiger partial charge is 0.335 e. The Bertz CT molecular complexity index is 1720. The highest BCUT2D eigenvalue weighted by atomic mass is 79.9. The van der Waals surface area contributed by atoms with Gasteiger partial charge in [-0.15, -0.1) is 6.58 Å². The fourth-order valence-electron chi connectivity index (χ4n) is 4.72. The zero-order chi connectivity index (χ0) is 28.4. The van der Waals surface area contributed by atoms with E-state index in [0.717, 1.165) is 37.9 Å². The summed E-state index contributed by atoms with van der Waals surface area (Å²) in [4.78, 5) is 39.8. The molecule has 1 heterocycles. The number of carbonyl (C=O) groups excluding carboxylic acids is 3. The zero-order valence-corrected chi connectivity index (χ0v) is 23.7. The van der Waals surface area contributed by atoms with Crippen LogP contribution in [0.5, 0.6) is 5.75 Å². The van der Waals surface area contributed by atoms with Crippen LogP contribution in [-0.4, -0.2) is 17.8 Å². The Balaban J connectivity index is 1.47. The van der Waals surface area contributed by atoms with Crippen LogP contribution in [0, 0.1) is 13.8 Å². The first-order valence-electron chi connectivity index (χ1n) is 12.8. The summed E-state index contributed by atoms with van der Waals surface area (Å²) in [6, 6.07) is 22.4. The number of fused-ring (bicyclic) bond motifs is 1. The molecule has 1 aliphatic rings. The first-order chi connectivity index (χ1) is 19.3. The minimum atomic E-state index is -0.777. The predicted molar refractivity (Wildman–Crippen MR) is 161 cm³/mol. The number of rotatable bonds is 7. The van der Waals surface area contributed by atoms with Crippen molar-refractivity contribution in [3.63, 3.8) is 0 Å². The van der Waals surface area contributed by atoms with Crippen LogP contribution in [0.2, 0.25) is 0 Å². The van der Waals surface area contributed by atoms with Crippen LogP contribution < -0.4 is 15.0 Å². The van der Waals surface area contributed by atoms with E-state index in [-0.39, 0.29) is 5.57 Å². The number of hydrogen-bond donors (Lipinski definition) is 1. The fraction of sp³-hybridized carbons (Fsp3) is 0.121. The van der Waals surface area contributed by atoms with Crippen molar-refractivity contribution in [1.82, 2.24) is 5.32 Å². The van der Waals surface area contributed by atoms with Crippen LogP contribution in [0.3, 0.4) is 0 Å². The standard InChI is InChI=1S/C33H27BrN2O4/c1-4-8-24-16-22(18-29(34)30(24)40-19-25-11-7-10-23-9-5-6-12-27(23)25)17-28-31(37)35-33(39)36(32(28)38)26-14-13-20(2)21(3)15-26/h4-7,9-18H,1,8,19H2,2-3H3,(H,35,37,39)/b28-17+. The van der Waals surface area contributed by atoms with Gasteiger partial charge in [0.05, 0.1) is 10.2 Å². The zero-order valence-electron chi connectivity index (χ0n) is 22.2. The number of nitrogens with zero attached hydrogens (tertiary/aromatic N) is 1. The number of urea groups is 1. The second-order valence-electron chi connectivity index (χ2n) is 9.64. The summed E-state index contributed by atoms with van der Waals surface area (Å²) in [7, 11) is 0. The summed E-state index contributed by atoms with van der Waals surface area (Å²) in [5.41, 5.74) is 4.71. The normalized spacial score (nSPS) is 14.5. The van der Waals surface area contributed by atoms with Gasteiger partial charge in [0.15, 0.2) is 0 Å². The van der Waals surface area contributed by atoms with Gasteiger partial charge in [0.25, 0.3) is 11.8 Å². The van der Waals surface area contributed by atoms with Crippen molar-refractivity contribution >= 4 is 56.3 Å². The van der Waals surface area contributed by atoms with Crippen LogP contribution in [0.15, 0.2) is 95.5 Å². The maximum atomic E-state index is 13.4. The molecule has 0 saturated carbocycles. The average molecular weight is 595 g/mol. The minimum absolute atomic E-state index is 0.140. The first kappa shape index (κ1) is 27.1. The molecule has 1 aliphatic heterocycles. The molecule has 1 saturated heterocycles. The third-order valence-corrected chi connectivity index (χ3v) is 7.51. The van der Waals surface area contributed by atoms with Crippen molar-refractivity contribution in [2.24, 2.45) is 0 Å². The number of nitrogens with one attached hydrogen (secondary N) is 1. The number of halogens is 1. The van der Waals surface area contributed by atoms with Crippen LogP contribution in [0.25, 0.3) is 16.8 Å². The van der Waals surface area contributed by atoms with E-state index in [0.29, 0.717) is 34.5 Å². The number of aryl methyl sites for hydroxylation is 2. The summed E-state index contributed by atoms with van der Waals surface area (Å²) in [6.07, 6.45) is 3.76. The lowest BCUT2D eigenvalue weighted by molar-refractivity contribution is -0.122. The predicted octanol–water partition coefficient (Wildman–Crippen LogP) is 7.19. The molecule has 4 aromatic rings. The van der Waals surface area contributed by atoms with Gasteiger partial charge in [0.2, 0.25) is 0 Å². The molecular weight excluding hydrogens is 568 g/mol. The Hall–Kier alpha value is -4.49. The maximum absolute atomic E-state index is 13.4. The van der Waals surface area contributed by atoms with Crippen molar-refractivity contribution < 1.29 is 19.1 Å². The molecule has 1 fully saturated rings. The van der Waals surface area contributed by atoms with Crippen molar-refractivity contribution in [2.75, 3.05) is 4.90 Å². The number of ether oxygens (including phenoxy) is 1. The third-order valence-electron chi connectivity index (χ3n) is 6.92. The quantitative estimate of drug-likeness (QED) is 0.139. The van der Waals surface area contributed by atoms with Crippen molar-refractivity contribution in [2.45, 2.75) is 26.9 Å². The molecule has 0 radical (unpaired) electrons. The van der Waals surface area contributed by atoms with Gasteiger partial charge in [-0.05, 0) is 105 Å². The summed E-state index contributed by atoms with van der Waals surface area (Å²) >= 11 is 3.62. The summed E-state index contributed by atoms with van der Waals surface area (Å²) < 4.78 is 6.97. The highest BCUT2D eigenvalue weighted by Crippen LogP contribution is 2.34. The molecule has 4 amide bonds. The number of allylic oxidation sites excluding steroid dienone is 1. The Kier molecular flexibility index (Phi) is 7.67. The average Bonchev–Trinajstić information content (AvgIpc) is 2.92. The molecule has 0 aromatic heterocycles. The van der Waals surface area contributed by atoms with Crippen LogP contribution >= 0.6 is 15.9 Å². The van der Waals surface area contributed by atoms with Gasteiger partial charge in [-0.1, -0.05) is 54.6 Å². The molecule has 200 valence electrons. The number of amides is 4. The maximum Gasteiger partial charge on any atom is 0.335 e. The number of benzene rings is 4. The van der Waals surface area contributed by atoms with Gasteiger partial charge in [-0.3, -0.25) is 14.9 Å². The van der Waals surface area contributed by atoms with E-state index in [1.165, 1.54) is 6.08 Å². The van der Waals surface area contributed by atoms with E-state index >= 15 is 0 Å². The number of barbiturate groups is 1. The number of carbonyl (C=O) groups is 3. The monoisotopic (exact) mass is 594 g/mol. The van der Waals surface area contributed by atoms with Crippen LogP contribution in [0.1, 0.15) is 27.8 Å². The molecule has 7 heteroatoms. The molecule has 0 atom stereocenters. The van der Waals surface area contributed by atoms with Crippen molar-refractivity contribution in [3.8, 4) is 5.75 Å². The van der Waals surface area contributed by atoms with Gasteiger partial charge in [0.1, 0.15) is 17.9 Å². The van der Waals surface area contributed by atoms with E-state index in [4.69, 9.17) is 4.74 Å². The van der Waals surface area contributed by atoms with E-state index < -0.39 is 17.8 Å². The van der Waals surface area contributed by atoms with Crippen LogP contribution in [0.4, 0.5) is 10.5 Å². The van der Waals surface area contributed by atoms with E-state index in [1.54, 1.807) is 24.3 Å². The van der Waals surface area contributed by atoms with Crippen molar-refractivity contribution in [3.05, 3.63) is 123 Å². The van der Waals surface area contributed by atoms with Gasteiger partial charge < -0.3 is 4.74 Å². The molecular formula is C33H27BrN2O4. The third kappa shape index (κ3) is 5.33. The number of hydrogen-bond acceptors (Lipinski definition) is 4. The summed E-state index contributed by atoms with van der Waals surface area (Å²) in [5, 5.41) is 4.55. The molecule has 0 unspecified atom stereocenters. The second kappa shape index (κ2) is 11.3. The van der Waals surface area contributed by atoms with Crippen LogP contribution in [-0.2, 0) is 22.6 Å². The molecule has 1 N–H and O–H groups in total. The van der Waals surface area contributed by atoms with E-state index in [9.17, 15) is 14.4 Å². The SMILES string of the molecule is C=CCc1cc(/C=C2\C(=O)NC(=O)N(c3ccc(C)c(C)c3)C2=O)cc(Br)c1OCc1cccc2ccccc12. The van der Waals surface area contributed by atoms with Crippen molar-refractivity contribution in [1.29, 1.82) is 0 Å². The lowest BCUT2D eigenvalue weighted by Gasteiger charge is -2.27. The molecule has 0 spiro atoms. The first-order valence-corrected chi connectivity index (χ1v) is 13.6. The molecule has 4 aromatic carbocycles. The molecule has 0 bridgehead atoms. The Morgan fingerprint density at radius 3 is 2.48 bits per heavy atom. The molecule has 6 nitrogen and oxygen atoms in total.